The first-order valence-electron chi connectivity index (χ1n) is 4.70. The summed E-state index contributed by atoms with van der Waals surface area (Å²) < 4.78 is 0. The average molecular weight is 213 g/mol. The highest BCUT2D eigenvalue weighted by Gasteiger charge is 2.34. The van der Waals surface area contributed by atoms with Crippen LogP contribution in [0.15, 0.2) is 6.33 Å². The molecule has 14 heavy (non-hydrogen) atoms. The second-order valence-corrected chi connectivity index (χ2v) is 3.82. The molecule has 1 saturated heterocycles. The fourth-order valence-corrected chi connectivity index (χ4v) is 2.39. The lowest BCUT2D eigenvalue weighted by Crippen LogP contribution is -2.33. The lowest BCUT2D eigenvalue weighted by atomic mass is 10.0. The van der Waals surface area contributed by atoms with E-state index in [0.29, 0.717) is 17.9 Å². The van der Waals surface area contributed by atoms with Crippen molar-refractivity contribution >= 4 is 18.2 Å². The highest BCUT2D eigenvalue weighted by Crippen LogP contribution is 2.35. The summed E-state index contributed by atoms with van der Waals surface area (Å²) in [7, 11) is 0. The largest absolute Gasteiger partial charge is 0.383 e. The van der Waals surface area contributed by atoms with E-state index >= 15 is 0 Å². The van der Waals surface area contributed by atoms with Gasteiger partial charge in [-0.3, -0.25) is 0 Å². The molecule has 1 fully saturated rings. The molecule has 1 aromatic heterocycles. The Morgan fingerprint density at radius 3 is 3.07 bits per heavy atom. The van der Waals surface area contributed by atoms with Crippen LogP contribution in [-0.4, -0.2) is 16.0 Å². The predicted octanol–water partition coefficient (Wildman–Crippen LogP) is 0.830. The minimum Gasteiger partial charge on any atom is -0.383 e. The zero-order valence-corrected chi connectivity index (χ0v) is 8.55. The van der Waals surface area contributed by atoms with Gasteiger partial charge in [-0.05, 0) is 19.3 Å². The molecule has 0 amide bonds. The highest BCUT2D eigenvalue weighted by atomic mass is 35.5. The number of hydrogen-bond donors (Lipinski definition) is 2. The van der Waals surface area contributed by atoms with E-state index in [-0.39, 0.29) is 12.4 Å². The molecular formula is C9H13ClN4. The van der Waals surface area contributed by atoms with Gasteiger partial charge < -0.3 is 11.1 Å². The van der Waals surface area contributed by atoms with Crippen molar-refractivity contribution in [2.24, 2.45) is 0 Å². The fraction of sp³-hybridized carbons (Fsp3) is 0.556. The van der Waals surface area contributed by atoms with Crippen molar-refractivity contribution in [2.75, 3.05) is 5.73 Å². The SMILES string of the molecule is Cl.Nc1ncnc2c1CC1CCC2N1. The quantitative estimate of drug-likeness (QED) is 0.669. The zero-order chi connectivity index (χ0) is 8.84. The van der Waals surface area contributed by atoms with Crippen LogP contribution in [0.2, 0.25) is 0 Å². The number of nitrogens with two attached hydrogens (primary N) is 1. The van der Waals surface area contributed by atoms with Crippen LogP contribution in [0.1, 0.15) is 30.1 Å². The van der Waals surface area contributed by atoms with E-state index in [1.54, 1.807) is 6.33 Å². The van der Waals surface area contributed by atoms with Gasteiger partial charge in [0.2, 0.25) is 0 Å². The summed E-state index contributed by atoms with van der Waals surface area (Å²) in [5, 5.41) is 3.53. The first-order valence-corrected chi connectivity index (χ1v) is 4.70. The van der Waals surface area contributed by atoms with Crippen molar-refractivity contribution in [2.45, 2.75) is 31.3 Å². The Morgan fingerprint density at radius 1 is 1.36 bits per heavy atom. The summed E-state index contributed by atoms with van der Waals surface area (Å²) in [5.74, 6) is 0.670. The van der Waals surface area contributed by atoms with Crippen LogP contribution >= 0.6 is 12.4 Å². The number of anilines is 1. The molecule has 0 aliphatic carbocycles. The van der Waals surface area contributed by atoms with E-state index in [1.807, 2.05) is 0 Å². The summed E-state index contributed by atoms with van der Waals surface area (Å²) in [4.78, 5) is 8.33. The fourth-order valence-electron chi connectivity index (χ4n) is 2.39. The van der Waals surface area contributed by atoms with Gasteiger partial charge in [-0.2, -0.15) is 0 Å². The van der Waals surface area contributed by atoms with Crippen LogP contribution in [0.5, 0.6) is 0 Å². The Bertz CT molecular complexity index is 355. The predicted molar refractivity (Wildman–Crippen MR) is 56.3 cm³/mol. The maximum absolute atomic E-state index is 5.81. The molecule has 5 heteroatoms. The van der Waals surface area contributed by atoms with Crippen molar-refractivity contribution < 1.29 is 0 Å². The van der Waals surface area contributed by atoms with Crippen LogP contribution in [0.3, 0.4) is 0 Å². The van der Waals surface area contributed by atoms with Crippen LogP contribution < -0.4 is 11.1 Å². The maximum atomic E-state index is 5.81. The Morgan fingerprint density at radius 2 is 2.21 bits per heavy atom. The number of fused-ring (bicyclic) bond motifs is 4. The van der Waals surface area contributed by atoms with Crippen LogP contribution in [-0.2, 0) is 6.42 Å². The lowest BCUT2D eigenvalue weighted by molar-refractivity contribution is 0.503. The Labute approximate surface area is 88.7 Å². The Balaban J connectivity index is 0.000000750. The molecule has 0 spiro atoms. The topological polar surface area (TPSA) is 63.8 Å². The normalized spacial score (nSPS) is 28.0. The van der Waals surface area contributed by atoms with Crippen molar-refractivity contribution in [3.63, 3.8) is 0 Å². The molecule has 3 N–H and O–H groups in total. The van der Waals surface area contributed by atoms with Gasteiger partial charge in [-0.15, -0.1) is 12.4 Å². The van der Waals surface area contributed by atoms with Gasteiger partial charge in [0.15, 0.2) is 0 Å². The molecule has 76 valence electrons. The minimum atomic E-state index is 0. The van der Waals surface area contributed by atoms with Gasteiger partial charge >= 0.3 is 0 Å². The van der Waals surface area contributed by atoms with Crippen LogP contribution in [0, 0.1) is 0 Å². The molecule has 2 aliphatic heterocycles. The Hall–Kier alpha value is -0.870. The van der Waals surface area contributed by atoms with Gasteiger partial charge in [0.25, 0.3) is 0 Å². The van der Waals surface area contributed by atoms with Gasteiger partial charge in [-0.1, -0.05) is 0 Å². The summed E-state index contributed by atoms with van der Waals surface area (Å²) in [6.45, 7) is 0. The number of aromatic nitrogens is 2. The molecule has 0 aromatic carbocycles. The first-order chi connectivity index (χ1) is 6.34. The van der Waals surface area contributed by atoms with Gasteiger partial charge in [0, 0.05) is 11.6 Å². The van der Waals surface area contributed by atoms with Crippen molar-refractivity contribution in [1.82, 2.24) is 15.3 Å². The lowest BCUT2D eigenvalue weighted by Gasteiger charge is -2.23. The average Bonchev–Trinajstić information content (AvgIpc) is 2.51. The van der Waals surface area contributed by atoms with E-state index < -0.39 is 0 Å². The molecule has 4 nitrogen and oxygen atoms in total. The summed E-state index contributed by atoms with van der Waals surface area (Å²) in [6, 6.07) is 1.03. The number of nitrogen functional groups attached to an aromatic ring is 1. The van der Waals surface area contributed by atoms with Crippen molar-refractivity contribution in [3.8, 4) is 0 Å². The monoisotopic (exact) mass is 212 g/mol. The molecule has 2 atom stereocenters. The molecule has 0 radical (unpaired) electrons. The number of rotatable bonds is 0. The highest BCUT2D eigenvalue weighted by molar-refractivity contribution is 5.85. The smallest absolute Gasteiger partial charge is 0.130 e. The zero-order valence-electron chi connectivity index (χ0n) is 7.73. The third-order valence-corrected chi connectivity index (χ3v) is 3.03. The van der Waals surface area contributed by atoms with Gasteiger partial charge in [0.1, 0.15) is 12.1 Å². The second kappa shape index (κ2) is 3.37. The molecular weight excluding hydrogens is 200 g/mol. The number of halogens is 1. The van der Waals surface area contributed by atoms with E-state index in [0.717, 1.165) is 12.1 Å². The van der Waals surface area contributed by atoms with E-state index in [9.17, 15) is 0 Å². The first kappa shape index (κ1) is 9.68. The summed E-state index contributed by atoms with van der Waals surface area (Å²) in [5.41, 5.74) is 8.12. The third kappa shape index (κ3) is 1.26. The van der Waals surface area contributed by atoms with Gasteiger partial charge in [0.05, 0.1) is 11.7 Å². The molecule has 2 unspecified atom stereocenters. The van der Waals surface area contributed by atoms with Crippen molar-refractivity contribution in [3.05, 3.63) is 17.6 Å². The van der Waals surface area contributed by atoms with Crippen LogP contribution in [0.4, 0.5) is 5.82 Å². The molecule has 0 saturated carbocycles. The number of nitrogens with one attached hydrogen (secondary N) is 1. The van der Waals surface area contributed by atoms with Crippen LogP contribution in [0.25, 0.3) is 0 Å². The van der Waals surface area contributed by atoms with Gasteiger partial charge in [-0.25, -0.2) is 9.97 Å². The standard InChI is InChI=1S/C9H12N4.ClH/c10-9-6-3-5-1-2-7(13-5)8(6)11-4-12-9;/h4-5,7,13H,1-3H2,(H2,10,11,12);1H. The molecule has 3 rings (SSSR count). The minimum absolute atomic E-state index is 0. The Kier molecular flexibility index (Phi) is 2.33. The second-order valence-electron chi connectivity index (χ2n) is 3.82. The summed E-state index contributed by atoms with van der Waals surface area (Å²) in [6.07, 6.45) is 4.99. The van der Waals surface area contributed by atoms with E-state index in [4.69, 9.17) is 5.73 Å². The maximum Gasteiger partial charge on any atom is 0.130 e. The molecule has 3 heterocycles. The van der Waals surface area contributed by atoms with E-state index in [1.165, 1.54) is 18.4 Å². The number of hydrogen-bond acceptors (Lipinski definition) is 4. The summed E-state index contributed by atoms with van der Waals surface area (Å²) >= 11 is 0. The van der Waals surface area contributed by atoms with E-state index in [2.05, 4.69) is 15.3 Å². The molecule has 2 bridgehead atoms. The van der Waals surface area contributed by atoms with Crippen molar-refractivity contribution in [1.29, 1.82) is 0 Å². The third-order valence-electron chi connectivity index (χ3n) is 3.03. The molecule has 1 aromatic rings. The number of nitrogens with zero attached hydrogens (tertiary/aromatic N) is 2. The molecule has 2 aliphatic rings.